The van der Waals surface area contributed by atoms with Crippen LogP contribution in [-0.4, -0.2) is 24.0 Å². The zero-order valence-corrected chi connectivity index (χ0v) is 22.2. The Kier molecular flexibility index (Phi) is 8.58. The topological polar surface area (TPSA) is 54.2 Å². The van der Waals surface area contributed by atoms with Crippen molar-refractivity contribution < 1.29 is 9.84 Å². The van der Waals surface area contributed by atoms with Gasteiger partial charge in [0.2, 0.25) is 0 Å². The minimum atomic E-state index is -0.183. The predicted octanol–water partition coefficient (Wildman–Crippen LogP) is 8.05. The van der Waals surface area contributed by atoms with Gasteiger partial charge in [0.25, 0.3) is 0 Å². The molecule has 5 aromatic carbocycles. The van der Waals surface area contributed by atoms with E-state index < -0.39 is 0 Å². The molecule has 0 bridgehead atoms. The number of benzene rings is 5. The quantitative estimate of drug-likeness (QED) is 0.210. The fourth-order valence-electron chi connectivity index (χ4n) is 4.37. The summed E-state index contributed by atoms with van der Waals surface area (Å²) in [5, 5.41) is 10.4. The summed E-state index contributed by atoms with van der Waals surface area (Å²) >= 11 is 0. The first-order valence-electron chi connectivity index (χ1n) is 13.0. The molecular formula is C36H28N2O2. The van der Waals surface area contributed by atoms with Crippen molar-refractivity contribution in [3.05, 3.63) is 161 Å². The lowest BCUT2D eigenvalue weighted by molar-refractivity contribution is 0.280. The molecule has 0 atom stereocenters. The number of hydrogen-bond acceptors (Lipinski definition) is 4. The third-order valence-corrected chi connectivity index (χ3v) is 6.37. The van der Waals surface area contributed by atoms with E-state index in [-0.39, 0.29) is 6.61 Å². The molecule has 1 N–H and O–H groups in total. The van der Waals surface area contributed by atoms with Gasteiger partial charge in [0.05, 0.1) is 36.2 Å². The second kappa shape index (κ2) is 13.0. The zero-order valence-electron chi connectivity index (χ0n) is 22.2. The van der Waals surface area contributed by atoms with Gasteiger partial charge in [0.1, 0.15) is 5.75 Å². The van der Waals surface area contributed by atoms with Crippen LogP contribution in [0.5, 0.6) is 5.75 Å². The third kappa shape index (κ3) is 6.24. The van der Waals surface area contributed by atoms with Gasteiger partial charge in [-0.15, -0.1) is 0 Å². The molecule has 5 aromatic rings. The van der Waals surface area contributed by atoms with Crippen molar-refractivity contribution in [1.82, 2.24) is 0 Å². The Balaban J connectivity index is 1.79. The van der Waals surface area contributed by atoms with E-state index in [1.807, 2.05) is 133 Å². The molecule has 0 amide bonds. The number of aliphatic imine (C=N–C) groups is 2. The number of para-hydroxylation sites is 2. The predicted molar refractivity (Wildman–Crippen MR) is 164 cm³/mol. The Bertz CT molecular complexity index is 1570. The first-order chi connectivity index (χ1) is 19.8. The molecule has 40 heavy (non-hydrogen) atoms. The number of nitrogens with zero attached hydrogens (tertiary/aromatic N) is 2. The summed E-state index contributed by atoms with van der Waals surface area (Å²) in [6, 6.07) is 43.2. The fourth-order valence-corrected chi connectivity index (χ4v) is 4.37. The summed E-state index contributed by atoms with van der Waals surface area (Å²) in [4.78, 5) is 9.30. The molecule has 0 saturated heterocycles. The maximum absolute atomic E-state index is 10.4. The summed E-state index contributed by atoms with van der Waals surface area (Å²) in [6.07, 6.45) is 0. The number of ether oxygens (including phenoxy) is 1. The number of methoxy groups -OCH3 is 1. The molecule has 0 saturated carbocycles. The smallest absolute Gasteiger partial charge is 0.127 e. The van der Waals surface area contributed by atoms with Crippen LogP contribution in [0.3, 0.4) is 0 Å². The molecule has 194 valence electrons. The van der Waals surface area contributed by atoms with Crippen molar-refractivity contribution in [1.29, 1.82) is 0 Å². The largest absolute Gasteiger partial charge is 0.496 e. The molecule has 0 heterocycles. The van der Waals surface area contributed by atoms with Crippen LogP contribution in [0.4, 0.5) is 11.4 Å². The average molecular weight is 521 g/mol. The van der Waals surface area contributed by atoms with Crippen molar-refractivity contribution in [2.24, 2.45) is 9.98 Å². The molecule has 0 spiro atoms. The van der Waals surface area contributed by atoms with Gasteiger partial charge in [0.15, 0.2) is 0 Å². The van der Waals surface area contributed by atoms with Gasteiger partial charge in [-0.3, -0.25) is 0 Å². The summed E-state index contributed by atoms with van der Waals surface area (Å²) in [5.74, 6) is 7.18. The van der Waals surface area contributed by atoms with E-state index in [4.69, 9.17) is 4.74 Å². The van der Waals surface area contributed by atoms with Crippen LogP contribution in [0.15, 0.2) is 143 Å². The van der Waals surface area contributed by atoms with Crippen LogP contribution in [0.2, 0.25) is 0 Å². The van der Waals surface area contributed by atoms with Crippen molar-refractivity contribution >= 4 is 34.3 Å². The maximum Gasteiger partial charge on any atom is 0.127 e. The standard InChI is InChI=1S/C36H28N2O2/c1-40-36-22-29(26-39)32(34(27-14-6-2-7-15-27)24-37-30-18-10-4-11-19-30)23-33(36)35(28-16-8-3-9-17-28)25-38-31-20-12-5-13-21-31/h2-23,39H,26H2,1H3. The molecule has 0 aliphatic carbocycles. The molecular weight excluding hydrogens is 492 g/mol. The normalized spacial score (nSPS) is 10.2. The SMILES string of the molecule is COc1cc(CO)c(C(=C=Nc2ccccc2)c2ccccc2)cc1C(=C=Nc1ccccc1)c1ccccc1. The Hall–Kier alpha value is -5.24. The molecule has 0 aliphatic heterocycles. The van der Waals surface area contributed by atoms with E-state index in [9.17, 15) is 5.11 Å². The van der Waals surface area contributed by atoms with Gasteiger partial charge in [-0.25, -0.2) is 9.98 Å². The van der Waals surface area contributed by atoms with Gasteiger partial charge in [-0.05, 0) is 70.4 Å². The fraction of sp³-hybridized carbons (Fsp3) is 0.0556. The summed E-state index contributed by atoms with van der Waals surface area (Å²) in [7, 11) is 1.63. The lowest BCUT2D eigenvalue weighted by Gasteiger charge is -2.17. The van der Waals surface area contributed by atoms with Crippen LogP contribution >= 0.6 is 0 Å². The average Bonchev–Trinajstić information content (AvgIpc) is 3.03. The monoisotopic (exact) mass is 520 g/mol. The van der Waals surface area contributed by atoms with Gasteiger partial charge in [-0.1, -0.05) is 97.1 Å². The summed E-state index contributed by atoms with van der Waals surface area (Å²) < 4.78 is 5.85. The highest BCUT2D eigenvalue weighted by atomic mass is 16.5. The molecule has 0 aliphatic rings. The Morgan fingerprint density at radius 1 is 0.600 bits per heavy atom. The molecule has 0 fully saturated rings. The molecule has 5 rings (SSSR count). The van der Waals surface area contributed by atoms with Gasteiger partial charge in [0, 0.05) is 5.56 Å². The summed E-state index contributed by atoms with van der Waals surface area (Å²) in [6.45, 7) is -0.183. The highest BCUT2D eigenvalue weighted by molar-refractivity contribution is 6.04. The van der Waals surface area contributed by atoms with Gasteiger partial charge >= 0.3 is 0 Å². The van der Waals surface area contributed by atoms with E-state index >= 15 is 0 Å². The Morgan fingerprint density at radius 2 is 1.02 bits per heavy atom. The number of aliphatic hydroxyl groups is 1. The molecule has 0 aromatic heterocycles. The van der Waals surface area contributed by atoms with Crippen LogP contribution in [0, 0.1) is 0 Å². The molecule has 4 nitrogen and oxygen atoms in total. The lowest BCUT2D eigenvalue weighted by Crippen LogP contribution is -2.02. The molecule has 0 radical (unpaired) electrons. The first-order valence-corrected chi connectivity index (χ1v) is 13.0. The van der Waals surface area contributed by atoms with Gasteiger partial charge in [-0.2, -0.15) is 0 Å². The van der Waals surface area contributed by atoms with Crippen molar-refractivity contribution in [2.75, 3.05) is 7.11 Å². The number of aliphatic hydroxyl groups excluding tert-OH is 1. The van der Waals surface area contributed by atoms with Crippen LogP contribution in [-0.2, 0) is 6.61 Å². The lowest BCUT2D eigenvalue weighted by atomic mass is 9.89. The van der Waals surface area contributed by atoms with Crippen molar-refractivity contribution in [3.8, 4) is 5.75 Å². The van der Waals surface area contributed by atoms with E-state index in [0.717, 1.165) is 44.8 Å². The number of rotatable bonds is 8. The first kappa shape index (κ1) is 26.4. The highest BCUT2D eigenvalue weighted by Gasteiger charge is 2.19. The highest BCUT2D eigenvalue weighted by Crippen LogP contribution is 2.36. The zero-order chi connectivity index (χ0) is 27.6. The summed E-state index contributed by atoms with van der Waals surface area (Å²) in [5.41, 5.74) is 7.24. The number of hydrogen-bond donors (Lipinski definition) is 1. The van der Waals surface area contributed by atoms with Crippen molar-refractivity contribution in [2.45, 2.75) is 6.61 Å². The van der Waals surface area contributed by atoms with E-state index in [1.54, 1.807) is 7.11 Å². The second-order valence-electron chi connectivity index (χ2n) is 8.97. The van der Waals surface area contributed by atoms with E-state index in [1.165, 1.54) is 0 Å². The van der Waals surface area contributed by atoms with Crippen LogP contribution in [0.1, 0.15) is 27.8 Å². The van der Waals surface area contributed by atoms with Crippen molar-refractivity contribution in [3.63, 3.8) is 0 Å². The molecule has 0 unspecified atom stereocenters. The minimum absolute atomic E-state index is 0.183. The third-order valence-electron chi connectivity index (χ3n) is 6.37. The Labute approximate surface area is 234 Å². The van der Waals surface area contributed by atoms with E-state index in [0.29, 0.717) is 11.3 Å². The van der Waals surface area contributed by atoms with Gasteiger partial charge < -0.3 is 9.84 Å². The van der Waals surface area contributed by atoms with Crippen LogP contribution in [0.25, 0.3) is 11.1 Å². The molecule has 4 heteroatoms. The Morgan fingerprint density at radius 3 is 1.45 bits per heavy atom. The maximum atomic E-state index is 10.4. The van der Waals surface area contributed by atoms with E-state index in [2.05, 4.69) is 21.7 Å². The minimum Gasteiger partial charge on any atom is -0.496 e. The van der Waals surface area contributed by atoms with Crippen LogP contribution < -0.4 is 4.74 Å². The second-order valence-corrected chi connectivity index (χ2v) is 8.97.